The molecule has 108 valence electrons. The molecule has 0 radical (unpaired) electrons. The Balaban J connectivity index is 2.75. The van der Waals surface area contributed by atoms with Crippen LogP contribution in [-0.2, 0) is 22.6 Å². The molecule has 1 rings (SSSR count). The lowest BCUT2D eigenvalue weighted by atomic mass is 10.2. The van der Waals surface area contributed by atoms with Crippen LogP contribution in [0.15, 0.2) is 0 Å². The van der Waals surface area contributed by atoms with Crippen LogP contribution in [0.4, 0.5) is 0 Å². The Labute approximate surface area is 115 Å². The number of ether oxygens (including phenoxy) is 1. The molecule has 1 aromatic heterocycles. The van der Waals surface area contributed by atoms with E-state index in [-0.39, 0.29) is 18.6 Å². The van der Waals surface area contributed by atoms with Crippen molar-refractivity contribution in [1.29, 1.82) is 0 Å². The van der Waals surface area contributed by atoms with Crippen LogP contribution in [0, 0.1) is 13.8 Å². The first-order valence-corrected chi connectivity index (χ1v) is 6.77. The fourth-order valence-corrected chi connectivity index (χ4v) is 1.87. The summed E-state index contributed by atoms with van der Waals surface area (Å²) in [4.78, 5) is 11.7. The predicted molar refractivity (Wildman–Crippen MR) is 74.9 cm³/mol. The van der Waals surface area contributed by atoms with Gasteiger partial charge in [0.05, 0.1) is 11.8 Å². The average molecular weight is 267 g/mol. The minimum absolute atomic E-state index is 0.0912. The predicted octanol–water partition coefficient (Wildman–Crippen LogP) is 1.95. The number of hydrogen-bond donors (Lipinski definition) is 1. The van der Waals surface area contributed by atoms with E-state index in [4.69, 9.17) is 4.74 Å². The van der Waals surface area contributed by atoms with Gasteiger partial charge in [0.15, 0.2) is 0 Å². The molecule has 1 N–H and O–H groups in total. The first kappa shape index (κ1) is 15.7. The number of aryl methyl sites for hydroxylation is 1. The molecule has 0 aliphatic rings. The van der Waals surface area contributed by atoms with Crippen molar-refractivity contribution < 1.29 is 9.53 Å². The Hall–Kier alpha value is -1.36. The summed E-state index contributed by atoms with van der Waals surface area (Å²) in [6.07, 6.45) is -0.0912. The van der Waals surface area contributed by atoms with Gasteiger partial charge in [-0.2, -0.15) is 5.10 Å². The average Bonchev–Trinajstić information content (AvgIpc) is 2.50. The maximum atomic E-state index is 11.7. The first-order valence-electron chi connectivity index (χ1n) is 6.77. The second-order valence-corrected chi connectivity index (χ2v) is 5.38. The van der Waals surface area contributed by atoms with Crippen LogP contribution in [-0.4, -0.2) is 27.9 Å². The van der Waals surface area contributed by atoms with E-state index >= 15 is 0 Å². The lowest BCUT2D eigenvalue weighted by Gasteiger charge is -2.10. The van der Waals surface area contributed by atoms with Gasteiger partial charge in [-0.05, 0) is 27.7 Å². The van der Waals surface area contributed by atoms with Crippen LogP contribution in [0.2, 0.25) is 0 Å². The quantitative estimate of drug-likeness (QED) is 0.800. The molecule has 0 saturated heterocycles. The molecule has 0 spiro atoms. The van der Waals surface area contributed by atoms with E-state index in [1.807, 2.05) is 27.7 Å². The highest BCUT2D eigenvalue weighted by molar-refractivity contribution is 5.69. The minimum atomic E-state index is -0.246. The van der Waals surface area contributed by atoms with E-state index in [9.17, 15) is 4.79 Å². The number of hydrogen-bond acceptors (Lipinski definition) is 4. The number of aromatic nitrogens is 2. The highest BCUT2D eigenvalue weighted by atomic mass is 16.5. The monoisotopic (exact) mass is 267 g/mol. The van der Waals surface area contributed by atoms with E-state index < -0.39 is 0 Å². The summed E-state index contributed by atoms with van der Waals surface area (Å²) in [5.74, 6) is -0.246. The fraction of sp³-hybridized carbons (Fsp3) is 0.714. The van der Waals surface area contributed by atoms with Gasteiger partial charge in [0.1, 0.15) is 6.54 Å². The van der Waals surface area contributed by atoms with E-state index in [0.717, 1.165) is 23.5 Å². The number of carbonyl (C=O) groups is 1. The molecule has 5 nitrogen and oxygen atoms in total. The smallest absolute Gasteiger partial charge is 0.328 e. The maximum Gasteiger partial charge on any atom is 0.328 e. The molecular weight excluding hydrogens is 242 g/mol. The topological polar surface area (TPSA) is 56.2 Å². The summed E-state index contributed by atoms with van der Waals surface area (Å²) in [7, 11) is 0. The Morgan fingerprint density at radius 2 is 1.95 bits per heavy atom. The molecule has 0 unspecified atom stereocenters. The Morgan fingerprint density at radius 1 is 1.32 bits per heavy atom. The minimum Gasteiger partial charge on any atom is -0.462 e. The molecule has 1 aromatic rings. The fourth-order valence-electron chi connectivity index (χ4n) is 1.87. The third-order valence-corrected chi connectivity index (χ3v) is 2.86. The number of esters is 1. The Morgan fingerprint density at radius 3 is 2.47 bits per heavy atom. The number of nitrogens with zero attached hydrogens (tertiary/aromatic N) is 2. The summed E-state index contributed by atoms with van der Waals surface area (Å²) < 4.78 is 6.86. The van der Waals surface area contributed by atoms with Gasteiger partial charge >= 0.3 is 5.97 Å². The van der Waals surface area contributed by atoms with Crippen LogP contribution >= 0.6 is 0 Å². The third-order valence-electron chi connectivity index (χ3n) is 2.86. The lowest BCUT2D eigenvalue weighted by Crippen LogP contribution is -2.23. The SMILES string of the molecule is Cc1nn(CC(=O)OC(C)C)c(C)c1CNC(C)C. The van der Waals surface area contributed by atoms with E-state index in [1.165, 1.54) is 0 Å². The summed E-state index contributed by atoms with van der Waals surface area (Å²) in [5, 5.41) is 7.78. The Bertz CT molecular complexity index is 436. The van der Waals surface area contributed by atoms with Crippen LogP contribution < -0.4 is 5.32 Å². The molecule has 0 aliphatic carbocycles. The first-order chi connectivity index (χ1) is 8.81. The zero-order chi connectivity index (χ0) is 14.6. The van der Waals surface area contributed by atoms with Gasteiger partial charge in [-0.3, -0.25) is 9.48 Å². The van der Waals surface area contributed by atoms with Gasteiger partial charge in [0.2, 0.25) is 0 Å². The van der Waals surface area contributed by atoms with Gasteiger partial charge in [-0.25, -0.2) is 0 Å². The van der Waals surface area contributed by atoms with Crippen molar-refractivity contribution >= 4 is 5.97 Å². The van der Waals surface area contributed by atoms with Crippen LogP contribution in [0.1, 0.15) is 44.6 Å². The summed E-state index contributed by atoms with van der Waals surface area (Å²) >= 11 is 0. The van der Waals surface area contributed by atoms with Gasteiger partial charge < -0.3 is 10.1 Å². The summed E-state index contributed by atoms with van der Waals surface area (Å²) in [6, 6.07) is 0.424. The zero-order valence-electron chi connectivity index (χ0n) is 12.8. The van der Waals surface area contributed by atoms with Gasteiger partial charge in [-0.15, -0.1) is 0 Å². The number of carbonyl (C=O) groups excluding carboxylic acids is 1. The summed E-state index contributed by atoms with van der Waals surface area (Å²) in [6.45, 7) is 12.8. The van der Waals surface area contributed by atoms with Crippen LogP contribution in [0.3, 0.4) is 0 Å². The highest BCUT2D eigenvalue weighted by Crippen LogP contribution is 2.13. The molecule has 0 amide bonds. The Kier molecular flexibility index (Phi) is 5.54. The molecule has 5 heteroatoms. The van der Waals surface area contributed by atoms with Crippen molar-refractivity contribution in [2.24, 2.45) is 0 Å². The van der Waals surface area contributed by atoms with Crippen molar-refractivity contribution in [2.75, 3.05) is 0 Å². The molecular formula is C14H25N3O2. The van der Waals surface area contributed by atoms with Crippen LogP contribution in [0.25, 0.3) is 0 Å². The van der Waals surface area contributed by atoms with Gasteiger partial charge in [-0.1, -0.05) is 13.8 Å². The van der Waals surface area contributed by atoms with Gasteiger partial charge in [0, 0.05) is 23.8 Å². The van der Waals surface area contributed by atoms with Crippen molar-refractivity contribution in [3.05, 3.63) is 17.0 Å². The molecule has 0 aliphatic heterocycles. The number of rotatable bonds is 6. The van der Waals surface area contributed by atoms with Crippen molar-refractivity contribution in [2.45, 2.75) is 66.8 Å². The largest absolute Gasteiger partial charge is 0.462 e. The van der Waals surface area contributed by atoms with Gasteiger partial charge in [0.25, 0.3) is 0 Å². The van der Waals surface area contributed by atoms with Crippen LogP contribution in [0.5, 0.6) is 0 Å². The second-order valence-electron chi connectivity index (χ2n) is 5.38. The second kappa shape index (κ2) is 6.70. The standard InChI is InChI=1S/C14H25N3O2/c1-9(2)15-7-13-11(5)16-17(12(13)6)8-14(18)19-10(3)4/h9-10,15H,7-8H2,1-6H3. The normalized spacial score (nSPS) is 11.4. The van der Waals surface area contributed by atoms with E-state index in [2.05, 4.69) is 24.3 Å². The molecule has 0 saturated carbocycles. The van der Waals surface area contributed by atoms with Crippen molar-refractivity contribution in [3.63, 3.8) is 0 Å². The molecule has 0 aromatic carbocycles. The third kappa shape index (κ3) is 4.67. The van der Waals surface area contributed by atoms with Crippen molar-refractivity contribution in [3.8, 4) is 0 Å². The molecule has 0 atom stereocenters. The zero-order valence-corrected chi connectivity index (χ0v) is 12.8. The number of nitrogens with one attached hydrogen (secondary N) is 1. The molecule has 0 bridgehead atoms. The highest BCUT2D eigenvalue weighted by Gasteiger charge is 2.15. The lowest BCUT2D eigenvalue weighted by molar-refractivity contribution is -0.148. The summed E-state index contributed by atoms with van der Waals surface area (Å²) in [5.41, 5.74) is 3.14. The van der Waals surface area contributed by atoms with E-state index in [0.29, 0.717) is 6.04 Å². The molecule has 1 heterocycles. The maximum absolute atomic E-state index is 11.7. The molecule has 19 heavy (non-hydrogen) atoms. The van der Waals surface area contributed by atoms with Crippen molar-refractivity contribution in [1.82, 2.24) is 15.1 Å². The van der Waals surface area contributed by atoms with E-state index in [1.54, 1.807) is 4.68 Å². The molecule has 0 fully saturated rings.